The standard InChI is InChI=1S/C16H15ClN4OS2/c1-8-9(2)24-15-13(8)14(18)20-16(21-15)23-7-12(22)19-11-5-3-10(17)4-6-11/h3-6H,7H2,1-2H3,(H,19,22)(H2,18,20,21). The Kier molecular flexibility index (Phi) is 4.93. The molecule has 2 heterocycles. The number of nitrogens with zero attached hydrogens (tertiary/aromatic N) is 2. The van der Waals surface area contributed by atoms with E-state index in [-0.39, 0.29) is 11.7 Å². The molecule has 0 aliphatic carbocycles. The van der Waals surface area contributed by atoms with Gasteiger partial charge in [-0.3, -0.25) is 4.79 Å². The number of rotatable bonds is 4. The fourth-order valence-electron chi connectivity index (χ4n) is 2.19. The lowest BCUT2D eigenvalue weighted by molar-refractivity contribution is -0.113. The second-order valence-corrected chi connectivity index (χ2v) is 7.78. The van der Waals surface area contributed by atoms with Crippen molar-refractivity contribution in [3.8, 4) is 0 Å². The van der Waals surface area contributed by atoms with Crippen LogP contribution in [0.3, 0.4) is 0 Å². The largest absolute Gasteiger partial charge is 0.383 e. The number of thiophene rings is 1. The summed E-state index contributed by atoms with van der Waals surface area (Å²) in [5.74, 6) is 0.530. The first kappa shape index (κ1) is 17.0. The van der Waals surface area contributed by atoms with E-state index in [2.05, 4.69) is 15.3 Å². The highest BCUT2D eigenvalue weighted by Gasteiger charge is 2.14. The van der Waals surface area contributed by atoms with Gasteiger partial charge in [0.25, 0.3) is 0 Å². The average molecular weight is 379 g/mol. The van der Waals surface area contributed by atoms with Gasteiger partial charge in [-0.2, -0.15) is 0 Å². The number of nitrogens with two attached hydrogens (primary N) is 1. The van der Waals surface area contributed by atoms with Crippen LogP contribution in [-0.2, 0) is 4.79 Å². The summed E-state index contributed by atoms with van der Waals surface area (Å²) in [5.41, 5.74) is 7.86. The van der Waals surface area contributed by atoms with Crippen molar-refractivity contribution in [2.24, 2.45) is 0 Å². The number of hydrogen-bond donors (Lipinski definition) is 2. The van der Waals surface area contributed by atoms with Crippen LogP contribution in [0.2, 0.25) is 5.02 Å². The minimum absolute atomic E-state index is 0.136. The molecule has 0 aliphatic heterocycles. The second kappa shape index (κ2) is 6.96. The Labute approximate surface area is 152 Å². The van der Waals surface area contributed by atoms with Crippen molar-refractivity contribution in [2.45, 2.75) is 19.0 Å². The minimum atomic E-state index is -0.136. The summed E-state index contributed by atoms with van der Waals surface area (Å²) in [6.07, 6.45) is 0. The summed E-state index contributed by atoms with van der Waals surface area (Å²) < 4.78 is 0. The Balaban J connectivity index is 1.69. The molecule has 2 aromatic heterocycles. The number of nitrogens with one attached hydrogen (secondary N) is 1. The molecule has 1 amide bonds. The van der Waals surface area contributed by atoms with Crippen LogP contribution in [-0.4, -0.2) is 21.6 Å². The molecule has 0 spiro atoms. The molecule has 24 heavy (non-hydrogen) atoms. The van der Waals surface area contributed by atoms with E-state index in [1.807, 2.05) is 13.8 Å². The van der Waals surface area contributed by atoms with Crippen LogP contribution >= 0.6 is 34.7 Å². The van der Waals surface area contributed by atoms with Gasteiger partial charge < -0.3 is 11.1 Å². The third kappa shape index (κ3) is 3.63. The van der Waals surface area contributed by atoms with Gasteiger partial charge in [0.05, 0.1) is 11.1 Å². The van der Waals surface area contributed by atoms with E-state index in [1.54, 1.807) is 35.6 Å². The highest BCUT2D eigenvalue weighted by atomic mass is 35.5. The Morgan fingerprint density at radius 3 is 2.71 bits per heavy atom. The Morgan fingerprint density at radius 1 is 1.29 bits per heavy atom. The molecule has 0 saturated heterocycles. The number of halogens is 1. The van der Waals surface area contributed by atoms with Gasteiger partial charge in [0.1, 0.15) is 10.6 Å². The molecule has 0 aliphatic rings. The third-order valence-corrected chi connectivity index (χ3v) is 5.70. The van der Waals surface area contributed by atoms with Crippen LogP contribution in [0, 0.1) is 13.8 Å². The topological polar surface area (TPSA) is 80.9 Å². The van der Waals surface area contributed by atoms with E-state index in [9.17, 15) is 4.79 Å². The van der Waals surface area contributed by atoms with Gasteiger partial charge in [-0.15, -0.1) is 11.3 Å². The van der Waals surface area contributed by atoms with E-state index < -0.39 is 0 Å². The van der Waals surface area contributed by atoms with Crippen molar-refractivity contribution in [2.75, 3.05) is 16.8 Å². The zero-order valence-electron chi connectivity index (χ0n) is 13.1. The lowest BCUT2D eigenvalue weighted by Crippen LogP contribution is -2.14. The first-order chi connectivity index (χ1) is 11.4. The number of aryl methyl sites for hydroxylation is 2. The van der Waals surface area contributed by atoms with Gasteiger partial charge in [-0.05, 0) is 43.7 Å². The van der Waals surface area contributed by atoms with E-state index in [0.29, 0.717) is 21.7 Å². The molecule has 8 heteroatoms. The predicted octanol–water partition coefficient (Wildman–Crippen LogP) is 4.27. The van der Waals surface area contributed by atoms with Crippen LogP contribution in [0.1, 0.15) is 10.4 Å². The summed E-state index contributed by atoms with van der Waals surface area (Å²) >= 11 is 8.67. The third-order valence-electron chi connectivity index (χ3n) is 3.50. The van der Waals surface area contributed by atoms with Crippen molar-refractivity contribution in [1.29, 1.82) is 0 Å². The molecule has 0 atom stereocenters. The number of benzene rings is 1. The monoisotopic (exact) mass is 378 g/mol. The minimum Gasteiger partial charge on any atom is -0.383 e. The maximum atomic E-state index is 12.0. The molecule has 3 rings (SSSR count). The molecular formula is C16H15ClN4OS2. The smallest absolute Gasteiger partial charge is 0.234 e. The summed E-state index contributed by atoms with van der Waals surface area (Å²) in [5, 5.41) is 4.84. The number of hydrogen-bond acceptors (Lipinski definition) is 6. The van der Waals surface area contributed by atoms with Gasteiger partial charge in [0.2, 0.25) is 5.91 Å². The fourth-order valence-corrected chi connectivity index (χ4v) is 4.06. The lowest BCUT2D eigenvalue weighted by Gasteiger charge is -2.05. The van der Waals surface area contributed by atoms with Gasteiger partial charge >= 0.3 is 0 Å². The van der Waals surface area contributed by atoms with Gasteiger partial charge in [0, 0.05) is 15.6 Å². The molecule has 3 N–H and O–H groups in total. The van der Waals surface area contributed by atoms with E-state index in [4.69, 9.17) is 17.3 Å². The molecule has 0 saturated carbocycles. The van der Waals surface area contributed by atoms with Crippen molar-refractivity contribution in [3.05, 3.63) is 39.7 Å². The fraction of sp³-hybridized carbons (Fsp3) is 0.188. The van der Waals surface area contributed by atoms with Crippen LogP contribution in [0.5, 0.6) is 0 Å². The number of aromatic nitrogens is 2. The normalized spacial score (nSPS) is 11.0. The van der Waals surface area contributed by atoms with E-state index in [1.165, 1.54) is 16.6 Å². The number of thioether (sulfide) groups is 1. The summed E-state index contributed by atoms with van der Waals surface area (Å²) in [6, 6.07) is 6.96. The first-order valence-electron chi connectivity index (χ1n) is 7.15. The SMILES string of the molecule is Cc1sc2nc(SCC(=O)Nc3ccc(Cl)cc3)nc(N)c2c1C. The highest BCUT2D eigenvalue weighted by molar-refractivity contribution is 7.99. The van der Waals surface area contributed by atoms with Crippen LogP contribution in [0.4, 0.5) is 11.5 Å². The lowest BCUT2D eigenvalue weighted by atomic mass is 10.2. The van der Waals surface area contributed by atoms with Crippen LogP contribution in [0.25, 0.3) is 10.2 Å². The van der Waals surface area contributed by atoms with Gasteiger partial charge in [-0.25, -0.2) is 9.97 Å². The average Bonchev–Trinajstić information content (AvgIpc) is 2.82. The van der Waals surface area contributed by atoms with Gasteiger partial charge in [0.15, 0.2) is 5.16 Å². The molecule has 0 radical (unpaired) electrons. The number of anilines is 2. The predicted molar refractivity (Wildman–Crippen MR) is 102 cm³/mol. The summed E-state index contributed by atoms with van der Waals surface area (Å²) in [6.45, 7) is 4.05. The maximum absolute atomic E-state index is 12.0. The van der Waals surface area contributed by atoms with Crippen molar-refractivity contribution < 1.29 is 4.79 Å². The number of amides is 1. The van der Waals surface area contributed by atoms with Crippen molar-refractivity contribution in [3.63, 3.8) is 0 Å². The highest BCUT2D eigenvalue weighted by Crippen LogP contribution is 2.33. The molecule has 1 aromatic carbocycles. The summed E-state index contributed by atoms with van der Waals surface area (Å²) in [7, 11) is 0. The molecule has 124 valence electrons. The zero-order valence-corrected chi connectivity index (χ0v) is 15.5. The van der Waals surface area contributed by atoms with Crippen molar-refractivity contribution in [1.82, 2.24) is 9.97 Å². The van der Waals surface area contributed by atoms with Crippen LogP contribution in [0.15, 0.2) is 29.4 Å². The van der Waals surface area contributed by atoms with Crippen molar-refractivity contribution >= 4 is 62.3 Å². The summed E-state index contributed by atoms with van der Waals surface area (Å²) in [4.78, 5) is 22.9. The van der Waals surface area contributed by atoms with E-state index in [0.717, 1.165) is 15.8 Å². The zero-order chi connectivity index (χ0) is 17.3. The number of nitrogen functional groups attached to an aromatic ring is 1. The molecule has 0 unspecified atom stereocenters. The van der Waals surface area contributed by atoms with Gasteiger partial charge in [-0.1, -0.05) is 23.4 Å². The number of carbonyl (C=O) groups excluding carboxylic acids is 1. The Morgan fingerprint density at radius 2 is 2.00 bits per heavy atom. The molecule has 0 bridgehead atoms. The van der Waals surface area contributed by atoms with E-state index >= 15 is 0 Å². The molecule has 3 aromatic rings. The van der Waals surface area contributed by atoms with Crippen LogP contribution < -0.4 is 11.1 Å². The molecule has 5 nitrogen and oxygen atoms in total. The molecular weight excluding hydrogens is 364 g/mol. The Bertz CT molecular complexity index is 909. The Hall–Kier alpha value is -1.83. The quantitative estimate of drug-likeness (QED) is 0.523. The molecule has 0 fully saturated rings. The maximum Gasteiger partial charge on any atom is 0.234 e. The first-order valence-corrected chi connectivity index (χ1v) is 9.33. The second-order valence-electron chi connectivity index (χ2n) is 5.20. The number of fused-ring (bicyclic) bond motifs is 1. The number of carbonyl (C=O) groups is 1.